The number of ether oxygens (including phenoxy) is 1. The van der Waals surface area contributed by atoms with Crippen LogP contribution in [0, 0.1) is 6.92 Å². The molecule has 0 N–H and O–H groups in total. The monoisotopic (exact) mass is 377 g/mol. The molecule has 2 aromatic carbocycles. The number of hydrogen-bond donors (Lipinski definition) is 0. The third-order valence-corrected chi connectivity index (χ3v) is 4.85. The van der Waals surface area contributed by atoms with Crippen molar-refractivity contribution in [3.63, 3.8) is 0 Å². The van der Waals surface area contributed by atoms with E-state index in [1.807, 2.05) is 55.5 Å². The maximum atomic E-state index is 12.5. The number of hydrogen-bond acceptors (Lipinski definition) is 5. The molecule has 1 aliphatic rings. The maximum absolute atomic E-state index is 12.5. The van der Waals surface area contributed by atoms with E-state index in [2.05, 4.69) is 17.1 Å². The molecule has 6 heteroatoms. The maximum Gasteiger partial charge on any atom is 0.232 e. The van der Waals surface area contributed by atoms with E-state index in [9.17, 15) is 4.79 Å². The summed E-state index contributed by atoms with van der Waals surface area (Å²) in [5.74, 6) is 1.83. The normalized spacial score (nSPS) is 16.6. The Kier molecular flexibility index (Phi) is 5.10. The molecular formula is C22H23N3O3. The zero-order valence-corrected chi connectivity index (χ0v) is 16.1. The van der Waals surface area contributed by atoms with Gasteiger partial charge in [-0.2, -0.15) is 4.98 Å². The Morgan fingerprint density at radius 2 is 1.89 bits per heavy atom. The summed E-state index contributed by atoms with van der Waals surface area (Å²) < 4.78 is 11.1. The van der Waals surface area contributed by atoms with Crippen LogP contribution in [0.4, 0.5) is 5.69 Å². The number of nitrogens with zero attached hydrogens (tertiary/aromatic N) is 3. The molecule has 28 heavy (non-hydrogen) atoms. The average molecular weight is 377 g/mol. The summed E-state index contributed by atoms with van der Waals surface area (Å²) in [6, 6.07) is 15.6. The van der Waals surface area contributed by atoms with Gasteiger partial charge < -0.3 is 14.2 Å². The van der Waals surface area contributed by atoms with E-state index in [-0.39, 0.29) is 11.8 Å². The van der Waals surface area contributed by atoms with E-state index in [4.69, 9.17) is 9.26 Å². The highest BCUT2D eigenvalue weighted by molar-refractivity contribution is 5.96. The van der Waals surface area contributed by atoms with Gasteiger partial charge in [-0.15, -0.1) is 0 Å². The molecule has 0 aliphatic carbocycles. The van der Waals surface area contributed by atoms with Gasteiger partial charge in [0.25, 0.3) is 0 Å². The average Bonchev–Trinajstić information content (AvgIpc) is 3.34. The van der Waals surface area contributed by atoms with E-state index < -0.39 is 0 Å². The van der Waals surface area contributed by atoms with Crippen LogP contribution in [-0.4, -0.2) is 29.2 Å². The lowest BCUT2D eigenvalue weighted by atomic mass is 10.1. The van der Waals surface area contributed by atoms with Crippen LogP contribution in [-0.2, 0) is 4.79 Å². The van der Waals surface area contributed by atoms with E-state index in [1.54, 1.807) is 4.90 Å². The fourth-order valence-corrected chi connectivity index (χ4v) is 3.29. The van der Waals surface area contributed by atoms with Gasteiger partial charge in [0.15, 0.2) is 0 Å². The second kappa shape index (κ2) is 7.84. The Labute approximate surface area is 164 Å². The van der Waals surface area contributed by atoms with Gasteiger partial charge in [-0.3, -0.25) is 4.79 Å². The van der Waals surface area contributed by atoms with Crippen molar-refractivity contribution < 1.29 is 14.1 Å². The van der Waals surface area contributed by atoms with Crippen molar-refractivity contribution in [1.82, 2.24) is 10.1 Å². The summed E-state index contributed by atoms with van der Waals surface area (Å²) in [7, 11) is 0. The third-order valence-electron chi connectivity index (χ3n) is 4.85. The second-order valence-corrected chi connectivity index (χ2v) is 7.07. The number of rotatable bonds is 6. The lowest BCUT2D eigenvalue weighted by Gasteiger charge is -2.16. The number of aromatic nitrogens is 2. The largest absolute Gasteiger partial charge is 0.494 e. The van der Waals surface area contributed by atoms with Crippen molar-refractivity contribution in [2.24, 2.45) is 0 Å². The number of benzene rings is 2. The molecule has 0 spiro atoms. The van der Waals surface area contributed by atoms with E-state index >= 15 is 0 Å². The summed E-state index contributed by atoms with van der Waals surface area (Å²) in [4.78, 5) is 18.8. The van der Waals surface area contributed by atoms with Crippen molar-refractivity contribution in [3.05, 3.63) is 60.0 Å². The van der Waals surface area contributed by atoms with Crippen LogP contribution in [0.25, 0.3) is 11.4 Å². The molecule has 1 saturated heterocycles. The molecule has 3 aromatic rings. The van der Waals surface area contributed by atoms with Crippen LogP contribution in [0.3, 0.4) is 0 Å². The van der Waals surface area contributed by atoms with Gasteiger partial charge in [-0.05, 0) is 49.7 Å². The highest BCUT2D eigenvalue weighted by atomic mass is 16.5. The zero-order chi connectivity index (χ0) is 19.5. The van der Waals surface area contributed by atoms with Gasteiger partial charge >= 0.3 is 0 Å². The number of carbonyl (C=O) groups excluding carboxylic acids is 1. The van der Waals surface area contributed by atoms with Gasteiger partial charge in [0.1, 0.15) is 5.75 Å². The predicted octanol–water partition coefficient (Wildman–Crippen LogP) is 4.35. The Morgan fingerprint density at radius 1 is 1.14 bits per heavy atom. The quantitative estimate of drug-likeness (QED) is 0.639. The first-order chi connectivity index (χ1) is 13.6. The number of anilines is 1. The molecule has 1 atom stereocenters. The van der Waals surface area contributed by atoms with E-state index in [1.165, 1.54) is 5.56 Å². The highest BCUT2D eigenvalue weighted by Gasteiger charge is 2.35. The standard InChI is InChI=1S/C22H23N3O3/c1-3-12-27-19-10-6-16(7-11-19)21-23-22(28-24-21)17-13-20(26)25(14-17)18-8-4-15(2)5-9-18/h4-11,17H,3,12-14H2,1-2H3. The predicted molar refractivity (Wildman–Crippen MR) is 106 cm³/mol. The number of aryl methyl sites for hydroxylation is 1. The van der Waals surface area contributed by atoms with Crippen molar-refractivity contribution in [1.29, 1.82) is 0 Å². The van der Waals surface area contributed by atoms with Gasteiger partial charge in [0, 0.05) is 24.2 Å². The van der Waals surface area contributed by atoms with Gasteiger partial charge in [-0.25, -0.2) is 0 Å². The van der Waals surface area contributed by atoms with E-state index in [0.29, 0.717) is 31.3 Å². The first-order valence-corrected chi connectivity index (χ1v) is 9.58. The van der Waals surface area contributed by atoms with Crippen LogP contribution in [0.2, 0.25) is 0 Å². The minimum absolute atomic E-state index is 0.0750. The Morgan fingerprint density at radius 3 is 2.61 bits per heavy atom. The summed E-state index contributed by atoms with van der Waals surface area (Å²) in [6.07, 6.45) is 1.34. The molecule has 144 valence electrons. The third kappa shape index (κ3) is 3.76. The fraction of sp³-hybridized carbons (Fsp3) is 0.318. The molecule has 1 unspecified atom stereocenters. The molecule has 2 heterocycles. The van der Waals surface area contributed by atoms with Crippen LogP contribution in [0.1, 0.15) is 37.1 Å². The summed E-state index contributed by atoms with van der Waals surface area (Å²) in [6.45, 7) is 5.34. The van der Waals surface area contributed by atoms with Crippen LogP contribution in [0.5, 0.6) is 5.75 Å². The number of amides is 1. The Balaban J connectivity index is 1.47. The molecule has 1 aliphatic heterocycles. The van der Waals surface area contributed by atoms with Crippen molar-refractivity contribution in [2.75, 3.05) is 18.1 Å². The highest BCUT2D eigenvalue weighted by Crippen LogP contribution is 2.32. The zero-order valence-electron chi connectivity index (χ0n) is 16.1. The lowest BCUT2D eigenvalue weighted by Crippen LogP contribution is -2.24. The summed E-state index contributed by atoms with van der Waals surface area (Å²) >= 11 is 0. The SMILES string of the molecule is CCCOc1ccc(-c2noc(C3CC(=O)N(c4ccc(C)cc4)C3)n2)cc1. The summed E-state index contributed by atoms with van der Waals surface area (Å²) in [5.41, 5.74) is 2.93. The minimum Gasteiger partial charge on any atom is -0.494 e. The molecule has 0 bridgehead atoms. The smallest absolute Gasteiger partial charge is 0.232 e. The van der Waals surface area contributed by atoms with Crippen LogP contribution in [0.15, 0.2) is 53.1 Å². The van der Waals surface area contributed by atoms with Gasteiger partial charge in [-0.1, -0.05) is 29.8 Å². The molecule has 1 aromatic heterocycles. The molecular weight excluding hydrogens is 354 g/mol. The molecule has 6 nitrogen and oxygen atoms in total. The Hall–Kier alpha value is -3.15. The topological polar surface area (TPSA) is 68.5 Å². The number of carbonyl (C=O) groups is 1. The van der Waals surface area contributed by atoms with E-state index in [0.717, 1.165) is 23.4 Å². The molecule has 4 rings (SSSR count). The summed E-state index contributed by atoms with van der Waals surface area (Å²) in [5, 5.41) is 4.10. The molecule has 1 amide bonds. The van der Waals surface area contributed by atoms with Gasteiger partial charge in [0.05, 0.1) is 12.5 Å². The van der Waals surface area contributed by atoms with Crippen LogP contribution < -0.4 is 9.64 Å². The van der Waals surface area contributed by atoms with Crippen molar-refractivity contribution in [2.45, 2.75) is 32.6 Å². The fourth-order valence-electron chi connectivity index (χ4n) is 3.29. The lowest BCUT2D eigenvalue weighted by molar-refractivity contribution is -0.117. The molecule has 1 fully saturated rings. The van der Waals surface area contributed by atoms with Crippen LogP contribution >= 0.6 is 0 Å². The van der Waals surface area contributed by atoms with Crippen molar-refractivity contribution >= 4 is 11.6 Å². The van der Waals surface area contributed by atoms with Crippen molar-refractivity contribution in [3.8, 4) is 17.1 Å². The van der Waals surface area contributed by atoms with Gasteiger partial charge in [0.2, 0.25) is 17.6 Å². The minimum atomic E-state index is -0.0952. The first-order valence-electron chi connectivity index (χ1n) is 9.58. The molecule has 0 radical (unpaired) electrons. The Bertz CT molecular complexity index is 948. The second-order valence-electron chi connectivity index (χ2n) is 7.07. The molecule has 0 saturated carbocycles. The first kappa shape index (κ1) is 18.2.